The van der Waals surface area contributed by atoms with Crippen molar-refractivity contribution in [2.45, 2.75) is 0 Å². The molecule has 0 aliphatic heterocycles. The summed E-state index contributed by atoms with van der Waals surface area (Å²) in [6.45, 7) is 0. The molecule has 11 heavy (non-hydrogen) atoms. The zero-order valence-electron chi connectivity index (χ0n) is 6.10. The Morgan fingerprint density at radius 3 is 2.82 bits per heavy atom. The Bertz CT molecular complexity index is 252. The molecule has 1 rings (SSSR count). The molecule has 0 radical (unpaired) electrons. The Hall–Kier alpha value is -1.29. The van der Waals surface area contributed by atoms with Gasteiger partial charge in [0.1, 0.15) is 11.6 Å². The third kappa shape index (κ3) is 1.59. The SMILES string of the molecule is COc1ccc(F)c(NN)c1. The molecule has 0 bridgehead atoms. The van der Waals surface area contributed by atoms with Gasteiger partial charge in [-0.3, -0.25) is 5.84 Å². The number of ether oxygens (including phenoxy) is 1. The summed E-state index contributed by atoms with van der Waals surface area (Å²) in [5.74, 6) is 5.20. The van der Waals surface area contributed by atoms with Crippen LogP contribution < -0.4 is 16.0 Å². The van der Waals surface area contributed by atoms with E-state index in [0.717, 1.165) is 0 Å². The molecular weight excluding hydrogens is 147 g/mol. The second-order valence-corrected chi connectivity index (χ2v) is 1.99. The van der Waals surface area contributed by atoms with Crippen molar-refractivity contribution in [1.82, 2.24) is 0 Å². The van der Waals surface area contributed by atoms with E-state index in [1.54, 1.807) is 0 Å². The number of nitrogen functional groups attached to an aromatic ring is 1. The van der Waals surface area contributed by atoms with Crippen LogP contribution in [0.5, 0.6) is 5.75 Å². The van der Waals surface area contributed by atoms with E-state index in [1.807, 2.05) is 0 Å². The third-order valence-corrected chi connectivity index (χ3v) is 1.33. The first-order valence-corrected chi connectivity index (χ1v) is 3.08. The molecule has 3 N–H and O–H groups in total. The topological polar surface area (TPSA) is 47.3 Å². The molecule has 4 heteroatoms. The van der Waals surface area contributed by atoms with E-state index >= 15 is 0 Å². The predicted octanol–water partition coefficient (Wildman–Crippen LogP) is 1.12. The van der Waals surface area contributed by atoms with E-state index in [2.05, 4.69) is 5.43 Å². The molecule has 60 valence electrons. The van der Waals surface area contributed by atoms with Gasteiger partial charge in [-0.25, -0.2) is 4.39 Å². The molecular formula is C7H9FN2O. The van der Waals surface area contributed by atoms with Crippen LogP contribution in [0.4, 0.5) is 10.1 Å². The maximum Gasteiger partial charge on any atom is 0.147 e. The number of hydrogen-bond acceptors (Lipinski definition) is 3. The van der Waals surface area contributed by atoms with Crippen molar-refractivity contribution < 1.29 is 9.13 Å². The zero-order valence-corrected chi connectivity index (χ0v) is 6.10. The molecule has 0 amide bonds. The number of halogens is 1. The molecule has 0 atom stereocenters. The molecule has 0 aliphatic rings. The van der Waals surface area contributed by atoms with Gasteiger partial charge in [0.2, 0.25) is 0 Å². The fraction of sp³-hybridized carbons (Fsp3) is 0.143. The average Bonchev–Trinajstić information content (AvgIpc) is 2.05. The minimum atomic E-state index is -0.395. The number of hydrogen-bond donors (Lipinski definition) is 2. The summed E-state index contributed by atoms with van der Waals surface area (Å²) in [5.41, 5.74) is 2.44. The Kier molecular flexibility index (Phi) is 2.28. The van der Waals surface area contributed by atoms with Gasteiger partial charge in [0.05, 0.1) is 12.8 Å². The van der Waals surface area contributed by atoms with Gasteiger partial charge in [-0.15, -0.1) is 0 Å². The molecule has 0 saturated carbocycles. The summed E-state index contributed by atoms with van der Waals surface area (Å²) >= 11 is 0. The van der Waals surface area contributed by atoms with Crippen molar-refractivity contribution in [3.63, 3.8) is 0 Å². The lowest BCUT2D eigenvalue weighted by atomic mass is 10.3. The van der Waals surface area contributed by atoms with Crippen LogP contribution in [0, 0.1) is 5.82 Å². The van der Waals surface area contributed by atoms with E-state index in [9.17, 15) is 4.39 Å². The minimum absolute atomic E-state index is 0.226. The summed E-state index contributed by atoms with van der Waals surface area (Å²) in [4.78, 5) is 0. The second kappa shape index (κ2) is 3.21. The van der Waals surface area contributed by atoms with E-state index in [1.165, 1.54) is 25.3 Å². The van der Waals surface area contributed by atoms with Gasteiger partial charge in [0.25, 0.3) is 0 Å². The zero-order chi connectivity index (χ0) is 8.27. The van der Waals surface area contributed by atoms with Crippen LogP contribution in [0.3, 0.4) is 0 Å². The van der Waals surface area contributed by atoms with E-state index in [-0.39, 0.29) is 5.69 Å². The van der Waals surface area contributed by atoms with Gasteiger partial charge in [0.15, 0.2) is 0 Å². The van der Waals surface area contributed by atoms with Crippen LogP contribution in [0.1, 0.15) is 0 Å². The summed E-state index contributed by atoms with van der Waals surface area (Å²) < 4.78 is 17.6. The number of hydrazine groups is 1. The van der Waals surface area contributed by atoms with Crippen molar-refractivity contribution in [2.75, 3.05) is 12.5 Å². The van der Waals surface area contributed by atoms with Crippen molar-refractivity contribution in [2.24, 2.45) is 5.84 Å². The molecule has 0 spiro atoms. The fourth-order valence-electron chi connectivity index (χ4n) is 0.742. The maximum atomic E-state index is 12.7. The summed E-state index contributed by atoms with van der Waals surface area (Å²) in [5, 5.41) is 0. The molecule has 0 aliphatic carbocycles. The lowest BCUT2D eigenvalue weighted by Gasteiger charge is -2.03. The van der Waals surface area contributed by atoms with Gasteiger partial charge < -0.3 is 10.2 Å². The van der Waals surface area contributed by atoms with Crippen LogP contribution in [-0.4, -0.2) is 7.11 Å². The number of nitrogens with one attached hydrogen (secondary N) is 1. The molecule has 0 heterocycles. The van der Waals surface area contributed by atoms with Gasteiger partial charge >= 0.3 is 0 Å². The van der Waals surface area contributed by atoms with Crippen LogP contribution >= 0.6 is 0 Å². The van der Waals surface area contributed by atoms with Crippen LogP contribution in [-0.2, 0) is 0 Å². The second-order valence-electron chi connectivity index (χ2n) is 1.99. The third-order valence-electron chi connectivity index (χ3n) is 1.33. The lowest BCUT2D eigenvalue weighted by Crippen LogP contribution is -2.08. The largest absolute Gasteiger partial charge is 0.497 e. The number of nitrogens with two attached hydrogens (primary N) is 1. The first-order chi connectivity index (χ1) is 5.27. The summed E-state index contributed by atoms with van der Waals surface area (Å²) in [7, 11) is 1.51. The van der Waals surface area contributed by atoms with E-state index in [4.69, 9.17) is 10.6 Å². The highest BCUT2D eigenvalue weighted by Crippen LogP contribution is 2.19. The van der Waals surface area contributed by atoms with Gasteiger partial charge in [0, 0.05) is 6.07 Å². The Labute approximate surface area is 63.9 Å². The maximum absolute atomic E-state index is 12.7. The summed E-state index contributed by atoms with van der Waals surface area (Å²) in [6.07, 6.45) is 0. The van der Waals surface area contributed by atoms with E-state index in [0.29, 0.717) is 5.75 Å². The molecule has 0 saturated heterocycles. The Morgan fingerprint density at radius 1 is 1.55 bits per heavy atom. The van der Waals surface area contributed by atoms with Crippen LogP contribution in [0.25, 0.3) is 0 Å². The Morgan fingerprint density at radius 2 is 2.27 bits per heavy atom. The highest BCUT2D eigenvalue weighted by atomic mass is 19.1. The molecule has 1 aromatic carbocycles. The number of rotatable bonds is 2. The van der Waals surface area contributed by atoms with Gasteiger partial charge in [-0.1, -0.05) is 0 Å². The molecule has 0 fully saturated rings. The van der Waals surface area contributed by atoms with Crippen molar-refractivity contribution in [3.05, 3.63) is 24.0 Å². The van der Waals surface area contributed by atoms with Crippen molar-refractivity contribution in [1.29, 1.82) is 0 Å². The smallest absolute Gasteiger partial charge is 0.147 e. The van der Waals surface area contributed by atoms with Gasteiger partial charge in [-0.05, 0) is 12.1 Å². The van der Waals surface area contributed by atoms with Gasteiger partial charge in [-0.2, -0.15) is 0 Å². The van der Waals surface area contributed by atoms with Crippen LogP contribution in [0.2, 0.25) is 0 Å². The van der Waals surface area contributed by atoms with Crippen molar-refractivity contribution in [3.8, 4) is 5.75 Å². The highest BCUT2D eigenvalue weighted by molar-refractivity contribution is 5.48. The molecule has 0 aromatic heterocycles. The number of methoxy groups -OCH3 is 1. The normalized spacial score (nSPS) is 9.36. The van der Waals surface area contributed by atoms with Crippen LogP contribution in [0.15, 0.2) is 18.2 Å². The first kappa shape index (κ1) is 7.81. The molecule has 3 nitrogen and oxygen atoms in total. The van der Waals surface area contributed by atoms with E-state index < -0.39 is 5.82 Å². The molecule has 0 unspecified atom stereocenters. The number of benzene rings is 1. The fourth-order valence-corrected chi connectivity index (χ4v) is 0.742. The monoisotopic (exact) mass is 156 g/mol. The Balaban J connectivity index is 3.02. The lowest BCUT2D eigenvalue weighted by molar-refractivity contribution is 0.414. The molecule has 1 aromatic rings. The first-order valence-electron chi connectivity index (χ1n) is 3.08. The predicted molar refractivity (Wildman–Crippen MR) is 40.8 cm³/mol. The quantitative estimate of drug-likeness (QED) is 0.498. The number of anilines is 1. The highest BCUT2D eigenvalue weighted by Gasteiger charge is 2.00. The minimum Gasteiger partial charge on any atom is -0.497 e. The standard InChI is InChI=1S/C7H9FN2O/c1-11-5-2-3-6(8)7(4-5)10-9/h2-4,10H,9H2,1H3. The summed E-state index contributed by atoms with van der Waals surface area (Å²) in [6, 6.07) is 4.29. The van der Waals surface area contributed by atoms with Crippen molar-refractivity contribution >= 4 is 5.69 Å². The average molecular weight is 156 g/mol.